The summed E-state index contributed by atoms with van der Waals surface area (Å²) < 4.78 is 56.3. The molecule has 4 aromatic rings. The first-order valence-corrected chi connectivity index (χ1v) is 19.8. The molecule has 0 radical (unpaired) electrons. The van der Waals surface area contributed by atoms with Crippen molar-refractivity contribution in [3.05, 3.63) is 41.5 Å². The fourth-order valence-corrected chi connectivity index (χ4v) is 6.48. The molecule has 1 aromatic carbocycles. The van der Waals surface area contributed by atoms with Crippen molar-refractivity contribution in [3.8, 4) is 22.0 Å². The van der Waals surface area contributed by atoms with E-state index in [1.54, 1.807) is 42.6 Å². The van der Waals surface area contributed by atoms with E-state index in [1.165, 1.54) is 11.3 Å². The molecule has 0 unspecified atom stereocenters. The van der Waals surface area contributed by atoms with Crippen molar-refractivity contribution in [1.29, 1.82) is 0 Å². The summed E-state index contributed by atoms with van der Waals surface area (Å²) in [4.78, 5) is 27.1. The van der Waals surface area contributed by atoms with Crippen LogP contribution in [0.2, 0.25) is 25.7 Å². The van der Waals surface area contributed by atoms with E-state index in [0.717, 1.165) is 22.8 Å². The highest BCUT2D eigenvalue weighted by molar-refractivity contribution is 7.13. The van der Waals surface area contributed by atoms with Crippen molar-refractivity contribution >= 4 is 42.4 Å². The number of anilines is 1. The van der Waals surface area contributed by atoms with Gasteiger partial charge in [0.25, 0.3) is 0 Å². The smallest absolute Gasteiger partial charge is 0.420 e. The molecule has 46 heavy (non-hydrogen) atoms. The molecule has 1 N–H and O–H groups in total. The minimum atomic E-state index is -4.73. The Kier molecular flexibility index (Phi) is 9.75. The van der Waals surface area contributed by atoms with Crippen molar-refractivity contribution < 1.29 is 27.4 Å². The van der Waals surface area contributed by atoms with E-state index in [-0.39, 0.29) is 30.1 Å². The summed E-state index contributed by atoms with van der Waals surface area (Å²) in [5.41, 5.74) is -0.464. The second-order valence-electron chi connectivity index (χ2n) is 13.6. The number of aromatic nitrogens is 5. The lowest BCUT2D eigenvalue weighted by Gasteiger charge is -2.34. The number of nitrogens with zero attached hydrogens (tertiary/aromatic N) is 6. The van der Waals surface area contributed by atoms with Gasteiger partial charge in [0.05, 0.1) is 5.52 Å². The average Bonchev–Trinajstić information content (AvgIpc) is 3.62. The molecule has 0 aliphatic carbocycles. The summed E-state index contributed by atoms with van der Waals surface area (Å²) in [5, 5.41) is 11.0. The number of alkyl halides is 3. The number of halogens is 3. The molecule has 15 heteroatoms. The number of piperidine rings is 1. The van der Waals surface area contributed by atoms with Gasteiger partial charge < -0.3 is 19.7 Å². The Morgan fingerprint density at radius 1 is 1.15 bits per heavy atom. The van der Waals surface area contributed by atoms with Crippen LogP contribution >= 0.6 is 11.3 Å². The van der Waals surface area contributed by atoms with Gasteiger partial charge in [0, 0.05) is 62.5 Å². The second-order valence-corrected chi connectivity index (χ2v) is 20.1. The molecule has 3 aromatic heterocycles. The molecule has 4 heterocycles. The summed E-state index contributed by atoms with van der Waals surface area (Å²) in [6, 6.07) is 6.11. The number of hydrogen-bond acceptors (Lipinski definition) is 9. The topological polar surface area (TPSA) is 107 Å². The third kappa shape index (κ3) is 8.42. The van der Waals surface area contributed by atoms with E-state index in [4.69, 9.17) is 9.47 Å². The van der Waals surface area contributed by atoms with Gasteiger partial charge in [-0.15, -0.1) is 11.3 Å². The maximum atomic E-state index is 14.4. The number of carbonyl (C=O) groups is 1. The quantitative estimate of drug-likeness (QED) is 0.142. The Morgan fingerprint density at radius 2 is 1.93 bits per heavy atom. The van der Waals surface area contributed by atoms with Crippen molar-refractivity contribution in [2.75, 3.05) is 25.0 Å². The Balaban J connectivity index is 1.49. The molecule has 1 saturated heterocycles. The van der Waals surface area contributed by atoms with Crippen molar-refractivity contribution in [3.63, 3.8) is 0 Å². The first-order chi connectivity index (χ1) is 21.6. The monoisotopic (exact) mass is 675 g/mol. The van der Waals surface area contributed by atoms with Crippen LogP contribution in [0.5, 0.6) is 0 Å². The first-order valence-electron chi connectivity index (χ1n) is 15.2. The maximum absolute atomic E-state index is 14.4. The van der Waals surface area contributed by atoms with Crippen LogP contribution in [0.1, 0.15) is 39.2 Å². The number of hydrogen-bond donors (Lipinski definition) is 1. The van der Waals surface area contributed by atoms with E-state index in [9.17, 15) is 18.0 Å². The third-order valence-corrected chi connectivity index (χ3v) is 9.89. The highest BCUT2D eigenvalue weighted by atomic mass is 32.1. The fraction of sp³-hybridized carbons (Fsp3) is 0.516. The number of carbonyl (C=O) groups excluding carboxylic acids is 1. The predicted octanol–water partition coefficient (Wildman–Crippen LogP) is 7.76. The van der Waals surface area contributed by atoms with Crippen molar-refractivity contribution in [1.82, 2.24) is 29.6 Å². The van der Waals surface area contributed by atoms with Crippen molar-refractivity contribution in [2.45, 2.75) is 83.8 Å². The zero-order chi connectivity index (χ0) is 33.3. The summed E-state index contributed by atoms with van der Waals surface area (Å²) in [6.45, 7) is 13.6. The number of likely N-dealkylation sites (tertiary alicyclic amines) is 1. The van der Waals surface area contributed by atoms with Gasteiger partial charge in [-0.25, -0.2) is 24.4 Å². The van der Waals surface area contributed by atoms with Crippen LogP contribution in [-0.4, -0.2) is 75.1 Å². The summed E-state index contributed by atoms with van der Waals surface area (Å²) in [6.07, 6.45) is -1.29. The molecule has 1 amide bonds. The van der Waals surface area contributed by atoms with Crippen LogP contribution in [0.4, 0.5) is 23.9 Å². The van der Waals surface area contributed by atoms with Gasteiger partial charge in [-0.05, 0) is 51.8 Å². The van der Waals surface area contributed by atoms with Gasteiger partial charge in [-0.3, -0.25) is 0 Å². The molecule has 1 aliphatic rings. The van der Waals surface area contributed by atoms with Crippen LogP contribution in [-0.2, 0) is 22.4 Å². The molecule has 10 nitrogen and oxygen atoms in total. The lowest BCUT2D eigenvalue weighted by Crippen LogP contribution is -2.47. The zero-order valence-electron chi connectivity index (χ0n) is 26.9. The molecule has 0 spiro atoms. The lowest BCUT2D eigenvalue weighted by molar-refractivity contribution is -0.137. The van der Waals surface area contributed by atoms with E-state index in [1.807, 2.05) is 17.5 Å². The Labute approximate surface area is 271 Å². The van der Waals surface area contributed by atoms with Gasteiger partial charge in [-0.2, -0.15) is 18.3 Å². The summed E-state index contributed by atoms with van der Waals surface area (Å²) >= 11 is 1.47. The highest BCUT2D eigenvalue weighted by Gasteiger charge is 2.37. The highest BCUT2D eigenvalue weighted by Crippen LogP contribution is 2.39. The third-order valence-electron chi connectivity index (χ3n) is 7.37. The molecule has 1 atom stereocenters. The van der Waals surface area contributed by atoms with Crippen LogP contribution in [0.3, 0.4) is 0 Å². The van der Waals surface area contributed by atoms with Crippen molar-refractivity contribution in [2.24, 2.45) is 0 Å². The van der Waals surface area contributed by atoms with Gasteiger partial charge in [0.15, 0.2) is 0 Å². The van der Waals surface area contributed by atoms with Gasteiger partial charge in [0.2, 0.25) is 5.95 Å². The molecular formula is C31H40F3N7O3SSi. The van der Waals surface area contributed by atoms with E-state index >= 15 is 0 Å². The maximum Gasteiger partial charge on any atom is 0.420 e. The molecule has 0 saturated carbocycles. The SMILES string of the molecule is CC(C)(C)OC(=O)N1CCC[C@H](Nc2ncc(C(F)(F)F)c(-c3nn(COCC[Si](C)(C)C)c4cc(-c5nccs5)ccc34)n2)C1. The number of benzene rings is 1. The summed E-state index contributed by atoms with van der Waals surface area (Å²) in [7, 11) is -1.36. The number of nitrogens with one attached hydrogen (secondary N) is 1. The van der Waals surface area contributed by atoms with E-state index in [0.29, 0.717) is 43.4 Å². The number of rotatable bonds is 9. The second kappa shape index (κ2) is 13.3. The molecule has 1 aliphatic heterocycles. The number of amides is 1. The van der Waals surface area contributed by atoms with Gasteiger partial charge in [-0.1, -0.05) is 25.7 Å². The number of ether oxygens (including phenoxy) is 2. The fourth-order valence-electron chi connectivity index (χ4n) is 5.08. The molecule has 0 bridgehead atoms. The number of thiazole rings is 1. The number of fused-ring (bicyclic) bond motifs is 1. The molecular weight excluding hydrogens is 636 g/mol. The van der Waals surface area contributed by atoms with Crippen LogP contribution in [0, 0.1) is 0 Å². The lowest BCUT2D eigenvalue weighted by atomic mass is 10.1. The molecule has 248 valence electrons. The largest absolute Gasteiger partial charge is 0.444 e. The van der Waals surface area contributed by atoms with Gasteiger partial charge in [0.1, 0.15) is 34.3 Å². The Morgan fingerprint density at radius 3 is 2.61 bits per heavy atom. The van der Waals surface area contributed by atoms with Crippen LogP contribution in [0.25, 0.3) is 32.9 Å². The van der Waals surface area contributed by atoms with E-state index < -0.39 is 31.5 Å². The summed E-state index contributed by atoms with van der Waals surface area (Å²) in [5.74, 6) is 0.0209. The van der Waals surface area contributed by atoms with Crippen LogP contribution in [0.15, 0.2) is 36.0 Å². The standard InChI is InChI=1S/C31H40F3N7O3SSi/c1-30(2,3)44-29(42)40-12-7-8-21(18-40)37-28-36-17-23(31(32,33)34)26(38-28)25-22-10-9-20(27-35-11-14-45-27)16-24(22)41(39-25)19-43-13-15-46(4,5)6/h9-11,14,16-17,21H,7-8,12-13,15,18-19H2,1-6H3,(H,36,37,38)/t21-/m0/s1. The average molecular weight is 676 g/mol. The zero-order valence-corrected chi connectivity index (χ0v) is 28.8. The Hall–Kier alpha value is -3.56. The Bertz CT molecular complexity index is 1670. The van der Waals surface area contributed by atoms with E-state index in [2.05, 4.69) is 45.0 Å². The molecule has 5 rings (SSSR count). The minimum Gasteiger partial charge on any atom is -0.444 e. The van der Waals surface area contributed by atoms with Gasteiger partial charge >= 0.3 is 12.3 Å². The molecule has 1 fully saturated rings. The van der Waals surface area contributed by atoms with Crippen LogP contribution < -0.4 is 5.32 Å². The predicted molar refractivity (Wildman–Crippen MR) is 175 cm³/mol. The first kappa shape index (κ1) is 33.8. The normalized spacial score (nSPS) is 16.2. The minimum absolute atomic E-state index is 0.0209.